The van der Waals surface area contributed by atoms with Crippen molar-refractivity contribution in [2.24, 2.45) is 11.3 Å². The van der Waals surface area contributed by atoms with Gasteiger partial charge in [-0.3, -0.25) is 14.9 Å². The van der Waals surface area contributed by atoms with Crippen LogP contribution in [0, 0.1) is 21.4 Å². The van der Waals surface area contributed by atoms with Crippen LogP contribution in [0.4, 0.5) is 5.69 Å². The molecule has 2 aliphatic carbocycles. The highest BCUT2D eigenvalue weighted by atomic mass is 16.6. The van der Waals surface area contributed by atoms with Crippen LogP contribution in [-0.2, 0) is 16.6 Å². The van der Waals surface area contributed by atoms with Gasteiger partial charge in [-0.15, -0.1) is 0 Å². The van der Waals surface area contributed by atoms with Crippen molar-refractivity contribution >= 4 is 11.7 Å². The van der Waals surface area contributed by atoms with Crippen molar-refractivity contribution in [1.82, 2.24) is 0 Å². The molecule has 6 heteroatoms. The minimum absolute atomic E-state index is 0.0328. The molecule has 2 N–H and O–H groups in total. The SMILES string of the molecule is C[C@@]1(C(=O)O)CCC[C@@]2(C)c3cc(O)c([N+](=O)[O-])cc3CC[C@H]12. The molecular weight excluding hydrogens is 298 g/mol. The summed E-state index contributed by atoms with van der Waals surface area (Å²) in [7, 11) is 0. The number of hydrogen-bond donors (Lipinski definition) is 2. The van der Waals surface area contributed by atoms with Gasteiger partial charge in [-0.05, 0) is 61.1 Å². The van der Waals surface area contributed by atoms with Gasteiger partial charge in [0, 0.05) is 6.07 Å². The lowest BCUT2D eigenvalue weighted by molar-refractivity contribution is -0.386. The number of benzene rings is 1. The maximum atomic E-state index is 11.9. The van der Waals surface area contributed by atoms with Gasteiger partial charge in [0.2, 0.25) is 0 Å². The number of fused-ring (bicyclic) bond motifs is 3. The molecule has 3 atom stereocenters. The van der Waals surface area contributed by atoms with E-state index in [2.05, 4.69) is 0 Å². The Morgan fingerprint density at radius 2 is 2.04 bits per heavy atom. The standard InChI is InChI=1S/C17H21NO5/c1-16-6-3-7-17(2,15(20)21)14(16)5-4-10-8-12(18(22)23)13(19)9-11(10)16/h8-9,14,19H,3-7H2,1-2H3,(H,20,21)/t14-,16-,17+/m0/s1. The predicted octanol–water partition coefficient (Wildman–Crippen LogP) is 3.40. The van der Waals surface area contributed by atoms with Crippen molar-refractivity contribution in [3.63, 3.8) is 0 Å². The number of rotatable bonds is 2. The summed E-state index contributed by atoms with van der Waals surface area (Å²) < 4.78 is 0. The minimum Gasteiger partial charge on any atom is -0.502 e. The summed E-state index contributed by atoms with van der Waals surface area (Å²) in [4.78, 5) is 22.3. The molecule has 0 radical (unpaired) electrons. The largest absolute Gasteiger partial charge is 0.502 e. The van der Waals surface area contributed by atoms with E-state index in [0.717, 1.165) is 24.0 Å². The molecule has 1 aromatic carbocycles. The first-order chi connectivity index (χ1) is 10.7. The van der Waals surface area contributed by atoms with E-state index in [1.807, 2.05) is 13.8 Å². The third-order valence-corrected chi connectivity index (χ3v) is 6.13. The van der Waals surface area contributed by atoms with E-state index in [1.54, 1.807) is 0 Å². The van der Waals surface area contributed by atoms with E-state index in [1.165, 1.54) is 12.1 Å². The summed E-state index contributed by atoms with van der Waals surface area (Å²) in [5.41, 5.74) is 0.308. The molecule has 124 valence electrons. The molecule has 1 aromatic rings. The van der Waals surface area contributed by atoms with Crippen LogP contribution < -0.4 is 0 Å². The van der Waals surface area contributed by atoms with E-state index in [-0.39, 0.29) is 22.8 Å². The van der Waals surface area contributed by atoms with Crippen LogP contribution in [0.1, 0.15) is 50.7 Å². The van der Waals surface area contributed by atoms with Crippen molar-refractivity contribution in [2.75, 3.05) is 0 Å². The first kappa shape index (κ1) is 15.8. The summed E-state index contributed by atoms with van der Waals surface area (Å²) in [6, 6.07) is 2.95. The fourth-order valence-corrected chi connectivity index (χ4v) is 4.89. The number of aliphatic carboxylic acids is 1. The van der Waals surface area contributed by atoms with Crippen LogP contribution in [0.25, 0.3) is 0 Å². The number of nitro benzene ring substituents is 1. The zero-order valence-corrected chi connectivity index (χ0v) is 13.3. The third kappa shape index (κ3) is 2.11. The Balaban J connectivity index is 2.15. The zero-order chi connectivity index (χ0) is 17.0. The molecule has 0 spiro atoms. The zero-order valence-electron chi connectivity index (χ0n) is 13.3. The van der Waals surface area contributed by atoms with E-state index >= 15 is 0 Å². The van der Waals surface area contributed by atoms with Gasteiger partial charge in [0.1, 0.15) is 0 Å². The van der Waals surface area contributed by atoms with E-state index < -0.39 is 16.3 Å². The third-order valence-electron chi connectivity index (χ3n) is 6.13. The van der Waals surface area contributed by atoms with Crippen LogP contribution in [-0.4, -0.2) is 21.1 Å². The highest BCUT2D eigenvalue weighted by Gasteiger charge is 2.55. The molecule has 6 nitrogen and oxygen atoms in total. The Kier molecular flexibility index (Phi) is 3.39. The van der Waals surface area contributed by atoms with Gasteiger partial charge in [0.25, 0.3) is 0 Å². The van der Waals surface area contributed by atoms with E-state index in [0.29, 0.717) is 19.3 Å². The summed E-state index contributed by atoms with van der Waals surface area (Å²) in [6.45, 7) is 3.86. The second kappa shape index (κ2) is 4.94. The van der Waals surface area contributed by atoms with Crippen molar-refractivity contribution < 1.29 is 19.9 Å². The maximum absolute atomic E-state index is 11.9. The Labute approximate surface area is 134 Å². The molecule has 0 unspecified atom stereocenters. The molecular formula is C17H21NO5. The van der Waals surface area contributed by atoms with Gasteiger partial charge in [-0.2, -0.15) is 0 Å². The fourth-order valence-electron chi connectivity index (χ4n) is 4.89. The predicted molar refractivity (Wildman–Crippen MR) is 83.5 cm³/mol. The Morgan fingerprint density at radius 1 is 1.35 bits per heavy atom. The molecule has 0 bridgehead atoms. The van der Waals surface area contributed by atoms with Crippen LogP contribution in [0.15, 0.2) is 12.1 Å². The Hall–Kier alpha value is -2.11. The van der Waals surface area contributed by atoms with Gasteiger partial charge < -0.3 is 10.2 Å². The molecule has 0 saturated heterocycles. The Morgan fingerprint density at radius 3 is 2.65 bits per heavy atom. The fraction of sp³-hybridized carbons (Fsp3) is 0.588. The lowest BCUT2D eigenvalue weighted by Crippen LogP contribution is -2.52. The van der Waals surface area contributed by atoms with E-state index in [4.69, 9.17) is 0 Å². The number of carboxylic acid groups (broad SMARTS) is 1. The van der Waals surface area contributed by atoms with Crippen molar-refractivity contribution in [1.29, 1.82) is 0 Å². The topological polar surface area (TPSA) is 101 Å². The van der Waals surface area contributed by atoms with Crippen molar-refractivity contribution in [3.05, 3.63) is 33.4 Å². The average molecular weight is 319 g/mol. The highest BCUT2D eigenvalue weighted by molar-refractivity contribution is 5.75. The molecule has 0 heterocycles. The van der Waals surface area contributed by atoms with Gasteiger partial charge >= 0.3 is 11.7 Å². The summed E-state index contributed by atoms with van der Waals surface area (Å²) >= 11 is 0. The minimum atomic E-state index is -0.790. The number of nitro groups is 1. The van der Waals surface area contributed by atoms with Crippen LogP contribution in [0.3, 0.4) is 0 Å². The first-order valence-electron chi connectivity index (χ1n) is 7.94. The molecule has 0 aliphatic heterocycles. The number of hydrogen-bond acceptors (Lipinski definition) is 4. The molecule has 3 rings (SSSR count). The second-order valence-electron chi connectivity index (χ2n) is 7.34. The molecule has 23 heavy (non-hydrogen) atoms. The van der Waals surface area contributed by atoms with Gasteiger partial charge in [0.15, 0.2) is 5.75 Å². The normalized spacial score (nSPS) is 32.7. The van der Waals surface area contributed by atoms with Gasteiger partial charge in [-0.1, -0.05) is 13.3 Å². The highest BCUT2D eigenvalue weighted by Crippen LogP contribution is 2.58. The lowest BCUT2D eigenvalue weighted by Gasteiger charge is -2.53. The average Bonchev–Trinajstić information content (AvgIpc) is 2.46. The number of phenolic OH excluding ortho intramolecular Hbond substituents is 1. The van der Waals surface area contributed by atoms with Crippen LogP contribution >= 0.6 is 0 Å². The summed E-state index contributed by atoms with van der Waals surface area (Å²) in [6.07, 6.45) is 3.60. The number of aromatic hydroxyl groups is 1. The lowest BCUT2D eigenvalue weighted by atomic mass is 9.50. The molecule has 1 saturated carbocycles. The monoisotopic (exact) mass is 319 g/mol. The Bertz CT molecular complexity index is 700. The maximum Gasteiger partial charge on any atom is 0.310 e. The number of phenols is 1. The molecule has 0 aromatic heterocycles. The molecule has 1 fully saturated rings. The van der Waals surface area contributed by atoms with E-state index in [9.17, 15) is 25.1 Å². The summed E-state index contributed by atoms with van der Waals surface area (Å²) in [5, 5.41) is 30.8. The number of carboxylic acids is 1. The van der Waals surface area contributed by atoms with Crippen LogP contribution in [0.2, 0.25) is 0 Å². The smallest absolute Gasteiger partial charge is 0.310 e. The second-order valence-corrected chi connectivity index (χ2v) is 7.34. The number of carbonyl (C=O) groups is 1. The number of nitrogens with zero attached hydrogens (tertiary/aromatic N) is 1. The molecule has 2 aliphatic rings. The summed E-state index contributed by atoms with van der Waals surface area (Å²) in [5.74, 6) is -1.14. The van der Waals surface area contributed by atoms with Crippen molar-refractivity contribution in [3.8, 4) is 5.75 Å². The quantitative estimate of drug-likeness (QED) is 0.642. The van der Waals surface area contributed by atoms with Gasteiger partial charge in [0.05, 0.1) is 10.3 Å². The molecule has 0 amide bonds. The van der Waals surface area contributed by atoms with Crippen molar-refractivity contribution in [2.45, 2.75) is 51.4 Å². The number of aryl methyl sites for hydroxylation is 1. The van der Waals surface area contributed by atoms with Crippen LogP contribution in [0.5, 0.6) is 5.75 Å². The first-order valence-corrected chi connectivity index (χ1v) is 7.94. The van der Waals surface area contributed by atoms with Gasteiger partial charge in [-0.25, -0.2) is 0 Å².